The van der Waals surface area contributed by atoms with E-state index in [2.05, 4.69) is 15.3 Å². The summed E-state index contributed by atoms with van der Waals surface area (Å²) in [7, 11) is 0. The number of alkyl halides is 3. The first kappa shape index (κ1) is 30.9. The number of rotatable bonds is 10. The van der Waals surface area contributed by atoms with Crippen molar-refractivity contribution in [1.29, 1.82) is 0 Å². The molecule has 0 unspecified atom stereocenters. The fraction of sp³-hybridized carbons (Fsp3) is 0.321. The van der Waals surface area contributed by atoms with Gasteiger partial charge in [0.15, 0.2) is 5.82 Å². The zero-order valence-electron chi connectivity index (χ0n) is 22.9. The van der Waals surface area contributed by atoms with E-state index in [1.807, 2.05) is 16.8 Å². The highest BCUT2D eigenvalue weighted by Gasteiger charge is 2.35. The van der Waals surface area contributed by atoms with Crippen molar-refractivity contribution in [2.24, 2.45) is 0 Å². The Bertz CT molecular complexity index is 1570. The number of carboxylic acid groups (broad SMARTS) is 1. The monoisotopic (exact) mass is 607 g/mol. The van der Waals surface area contributed by atoms with Crippen LogP contribution in [-0.4, -0.2) is 56.2 Å². The lowest BCUT2D eigenvalue weighted by atomic mass is 10.0. The van der Waals surface area contributed by atoms with Crippen LogP contribution in [0.4, 0.5) is 35.2 Å². The highest BCUT2D eigenvalue weighted by molar-refractivity contribution is 6.32. The van der Waals surface area contributed by atoms with E-state index in [-0.39, 0.29) is 35.4 Å². The number of nitrogens with zero attached hydrogens (tertiary/aromatic N) is 4. The number of ether oxygens (including phenoxy) is 2. The second-order valence-electron chi connectivity index (χ2n) is 10.2. The summed E-state index contributed by atoms with van der Waals surface area (Å²) in [4.78, 5) is 21.4. The van der Waals surface area contributed by atoms with Gasteiger partial charge in [-0.1, -0.05) is 11.6 Å². The van der Waals surface area contributed by atoms with E-state index < -0.39 is 23.4 Å². The van der Waals surface area contributed by atoms with Crippen molar-refractivity contribution in [3.63, 3.8) is 0 Å². The first-order valence-corrected chi connectivity index (χ1v) is 13.1. The van der Waals surface area contributed by atoms with Crippen LogP contribution >= 0.6 is 11.6 Å². The molecular weight excluding hydrogens is 579 g/mol. The maximum absolute atomic E-state index is 13.7. The minimum Gasteiger partial charge on any atom is -0.465 e. The Balaban J connectivity index is 1.61. The molecule has 0 radical (unpaired) electrons. The molecule has 0 spiro atoms. The van der Waals surface area contributed by atoms with Crippen molar-refractivity contribution < 1.29 is 37.7 Å². The molecule has 0 saturated heterocycles. The number of nitrogens with one attached hydrogen (secondary N) is 1. The summed E-state index contributed by atoms with van der Waals surface area (Å²) in [5.41, 5.74) is -0.390. The second kappa shape index (κ2) is 12.4. The van der Waals surface area contributed by atoms with Crippen LogP contribution < -0.4 is 15.0 Å². The third kappa shape index (κ3) is 7.22. The molecular formula is C28H29ClF3N5O5. The number of anilines is 3. The van der Waals surface area contributed by atoms with Crippen molar-refractivity contribution >= 4 is 45.9 Å². The Kier molecular flexibility index (Phi) is 9.14. The average molecular weight is 608 g/mol. The van der Waals surface area contributed by atoms with Crippen LogP contribution in [0.25, 0.3) is 11.0 Å². The topological polar surface area (TPSA) is 122 Å². The lowest BCUT2D eigenvalue weighted by molar-refractivity contribution is -0.137. The molecule has 0 aliphatic heterocycles. The van der Waals surface area contributed by atoms with Crippen LogP contribution in [0.2, 0.25) is 5.02 Å². The van der Waals surface area contributed by atoms with E-state index in [1.165, 1.54) is 24.5 Å². The van der Waals surface area contributed by atoms with Gasteiger partial charge in [0.2, 0.25) is 0 Å². The number of aromatic nitrogens is 3. The van der Waals surface area contributed by atoms with Crippen molar-refractivity contribution in [3.8, 4) is 11.5 Å². The first-order valence-electron chi connectivity index (χ1n) is 12.8. The van der Waals surface area contributed by atoms with E-state index in [0.717, 1.165) is 17.0 Å². The van der Waals surface area contributed by atoms with Crippen LogP contribution in [0, 0.1) is 0 Å². The Hall–Kier alpha value is -4.07. The molecule has 0 aliphatic carbocycles. The molecule has 4 aromatic rings. The molecule has 0 aliphatic rings. The van der Waals surface area contributed by atoms with Gasteiger partial charge in [-0.2, -0.15) is 13.2 Å². The standard InChI is InChI=1S/C28H29ClF3N5O5/c1-27(2,3)37(26(39)40)19-12-17(28(30,31)32)13-20(15-19)42-23-5-4-18(14-21(23)29)35-25-24-22(33-16-34-25)6-7-36(24)8-10-41-11-9-38/h4-7,12-16,38H,8-11H2,1-3H3,(H,39,40)(H,33,34,35). The number of benzene rings is 2. The molecule has 3 N–H and O–H groups in total. The first-order chi connectivity index (χ1) is 19.8. The lowest BCUT2D eigenvalue weighted by Crippen LogP contribution is -2.45. The number of halogens is 4. The van der Waals surface area contributed by atoms with Gasteiger partial charge in [-0.05, 0) is 57.2 Å². The van der Waals surface area contributed by atoms with Gasteiger partial charge in [-0.25, -0.2) is 14.8 Å². The van der Waals surface area contributed by atoms with Crippen LogP contribution in [0.5, 0.6) is 11.5 Å². The van der Waals surface area contributed by atoms with Gasteiger partial charge in [0.05, 0.1) is 41.6 Å². The zero-order chi connectivity index (χ0) is 30.7. The number of amides is 1. The summed E-state index contributed by atoms with van der Waals surface area (Å²) in [5.74, 6) is 0.300. The number of hydrogen-bond donors (Lipinski definition) is 3. The van der Waals surface area contributed by atoms with Crippen LogP contribution in [0.3, 0.4) is 0 Å². The normalized spacial score (nSPS) is 12.0. The predicted octanol–water partition coefficient (Wildman–Crippen LogP) is 6.93. The summed E-state index contributed by atoms with van der Waals surface area (Å²) in [6.07, 6.45) is -2.92. The highest BCUT2D eigenvalue weighted by atomic mass is 35.5. The van der Waals surface area contributed by atoms with Crippen molar-refractivity contribution in [2.45, 2.75) is 39.0 Å². The molecule has 2 aromatic heterocycles. The Labute approximate surface area is 244 Å². The second-order valence-corrected chi connectivity index (χ2v) is 10.6. The average Bonchev–Trinajstić information content (AvgIpc) is 3.31. The third-order valence-corrected chi connectivity index (χ3v) is 6.32. The van der Waals surface area contributed by atoms with E-state index in [1.54, 1.807) is 26.8 Å². The smallest absolute Gasteiger partial charge is 0.416 e. The van der Waals surface area contributed by atoms with Crippen molar-refractivity contribution in [2.75, 3.05) is 30.0 Å². The van der Waals surface area contributed by atoms with Gasteiger partial charge >= 0.3 is 12.3 Å². The minimum absolute atomic E-state index is 0.0577. The fourth-order valence-electron chi connectivity index (χ4n) is 4.28. The number of carbonyl (C=O) groups is 1. The van der Waals surface area contributed by atoms with Gasteiger partial charge in [-0.15, -0.1) is 0 Å². The SMILES string of the molecule is CC(C)(C)N(C(=O)O)c1cc(Oc2ccc(Nc3ncnc4ccn(CCOCCO)c34)cc2Cl)cc(C(F)(F)F)c1. The molecule has 4 rings (SSSR count). The molecule has 0 atom stereocenters. The molecule has 42 heavy (non-hydrogen) atoms. The molecule has 224 valence electrons. The van der Waals surface area contributed by atoms with Gasteiger partial charge in [0, 0.05) is 30.0 Å². The quantitative estimate of drug-likeness (QED) is 0.166. The number of aliphatic hydroxyl groups excluding tert-OH is 1. The zero-order valence-corrected chi connectivity index (χ0v) is 23.7. The van der Waals surface area contributed by atoms with Crippen LogP contribution in [0.15, 0.2) is 55.0 Å². The molecule has 0 bridgehead atoms. The maximum atomic E-state index is 13.7. The summed E-state index contributed by atoms with van der Waals surface area (Å²) in [6, 6.07) is 9.20. The summed E-state index contributed by atoms with van der Waals surface area (Å²) < 4.78 is 54.2. The number of fused-ring (bicyclic) bond motifs is 1. The third-order valence-electron chi connectivity index (χ3n) is 6.02. The van der Waals surface area contributed by atoms with Gasteiger partial charge in [0.1, 0.15) is 23.3 Å². The van der Waals surface area contributed by atoms with Gasteiger partial charge in [0.25, 0.3) is 0 Å². The summed E-state index contributed by atoms with van der Waals surface area (Å²) in [6.45, 7) is 5.72. The van der Waals surface area contributed by atoms with E-state index in [9.17, 15) is 23.1 Å². The van der Waals surface area contributed by atoms with Gasteiger partial charge in [-0.3, -0.25) is 4.90 Å². The molecule has 2 heterocycles. The Morgan fingerprint density at radius 1 is 1.10 bits per heavy atom. The van der Waals surface area contributed by atoms with E-state index >= 15 is 0 Å². The van der Waals surface area contributed by atoms with E-state index in [0.29, 0.717) is 35.7 Å². The summed E-state index contributed by atoms with van der Waals surface area (Å²) >= 11 is 6.46. The summed E-state index contributed by atoms with van der Waals surface area (Å²) in [5, 5.41) is 21.9. The molecule has 0 saturated carbocycles. The molecule has 1 amide bonds. The lowest BCUT2D eigenvalue weighted by Gasteiger charge is -2.33. The van der Waals surface area contributed by atoms with Crippen LogP contribution in [-0.2, 0) is 17.5 Å². The van der Waals surface area contributed by atoms with Crippen molar-refractivity contribution in [1.82, 2.24) is 14.5 Å². The number of hydrogen-bond acceptors (Lipinski definition) is 7. The fourth-order valence-corrected chi connectivity index (χ4v) is 4.50. The molecule has 2 aromatic carbocycles. The van der Waals surface area contributed by atoms with E-state index in [4.69, 9.17) is 26.2 Å². The van der Waals surface area contributed by atoms with Crippen molar-refractivity contribution in [3.05, 3.63) is 65.6 Å². The highest BCUT2D eigenvalue weighted by Crippen LogP contribution is 2.40. The minimum atomic E-state index is -4.75. The van der Waals surface area contributed by atoms with Gasteiger partial charge < -0.3 is 29.6 Å². The van der Waals surface area contributed by atoms with Crippen LogP contribution in [0.1, 0.15) is 26.3 Å². The molecule has 0 fully saturated rings. The molecule has 10 nitrogen and oxygen atoms in total. The molecule has 14 heteroatoms. The predicted molar refractivity (Wildman–Crippen MR) is 152 cm³/mol. The largest absolute Gasteiger partial charge is 0.465 e. The Morgan fingerprint density at radius 2 is 1.86 bits per heavy atom. The Morgan fingerprint density at radius 3 is 2.50 bits per heavy atom. The number of aliphatic hydroxyl groups is 1. The maximum Gasteiger partial charge on any atom is 0.416 e.